The maximum absolute atomic E-state index is 5.99. The molecular formula is C22H21ClN4O2. The second kappa shape index (κ2) is 8.09. The quantitative estimate of drug-likeness (QED) is 0.444. The topological polar surface area (TPSA) is 73.1 Å². The molecule has 0 saturated carbocycles. The summed E-state index contributed by atoms with van der Waals surface area (Å²) < 4.78 is 11.3. The lowest BCUT2D eigenvalue weighted by Gasteiger charge is -2.11. The van der Waals surface area contributed by atoms with E-state index in [1.165, 1.54) is 0 Å². The molecule has 0 amide bonds. The van der Waals surface area contributed by atoms with Crippen LogP contribution in [-0.2, 0) is 6.54 Å². The molecule has 4 rings (SSSR count). The molecule has 0 aliphatic heterocycles. The van der Waals surface area contributed by atoms with Gasteiger partial charge in [0, 0.05) is 17.1 Å². The third-order valence-corrected chi connectivity index (χ3v) is 4.55. The Balaban J connectivity index is 1.58. The van der Waals surface area contributed by atoms with Gasteiger partial charge in [0.2, 0.25) is 5.58 Å². The number of nitrogens with zero attached hydrogens (tertiary/aromatic N) is 3. The minimum absolute atomic E-state index is 0.151. The fraction of sp³-hybridized carbons (Fsp3) is 0.227. The monoisotopic (exact) mass is 408 g/mol. The van der Waals surface area contributed by atoms with Crippen molar-refractivity contribution in [1.29, 1.82) is 0 Å². The van der Waals surface area contributed by atoms with Gasteiger partial charge in [0.25, 0.3) is 0 Å². The maximum Gasteiger partial charge on any atom is 0.228 e. The smallest absolute Gasteiger partial charge is 0.228 e. The predicted octanol–water partition coefficient (Wildman–Crippen LogP) is 5.65. The first-order valence-electron chi connectivity index (χ1n) is 9.39. The molecule has 0 atom stereocenters. The summed E-state index contributed by atoms with van der Waals surface area (Å²) in [4.78, 5) is 9.02. The number of hydrogen-bond donors (Lipinski definition) is 1. The van der Waals surface area contributed by atoms with Crippen molar-refractivity contribution >= 4 is 28.5 Å². The minimum Gasteiger partial charge on any atom is -0.491 e. The fourth-order valence-corrected chi connectivity index (χ4v) is 3.13. The van der Waals surface area contributed by atoms with Gasteiger partial charge in [0.05, 0.1) is 6.10 Å². The molecule has 0 bridgehead atoms. The number of nitrogens with one attached hydrogen (secondary N) is 1. The van der Waals surface area contributed by atoms with Crippen molar-refractivity contribution in [2.75, 3.05) is 5.32 Å². The molecule has 0 saturated heterocycles. The van der Waals surface area contributed by atoms with Crippen molar-refractivity contribution in [3.05, 3.63) is 64.9 Å². The Bertz CT molecular complexity index is 1120. The van der Waals surface area contributed by atoms with Gasteiger partial charge in [-0.25, -0.2) is 9.97 Å². The summed E-state index contributed by atoms with van der Waals surface area (Å²) in [6, 6.07) is 15.4. The summed E-state index contributed by atoms with van der Waals surface area (Å²) in [6.07, 6.45) is 0.151. The van der Waals surface area contributed by atoms with Crippen LogP contribution in [0, 0.1) is 6.92 Å². The number of ether oxygens (including phenoxy) is 1. The van der Waals surface area contributed by atoms with E-state index in [0.29, 0.717) is 40.0 Å². The third-order valence-electron chi connectivity index (χ3n) is 4.30. The summed E-state index contributed by atoms with van der Waals surface area (Å²) >= 11 is 5.99. The lowest BCUT2D eigenvalue weighted by Crippen LogP contribution is -2.06. The molecule has 0 spiro atoms. The second-order valence-corrected chi connectivity index (χ2v) is 7.44. The minimum atomic E-state index is 0.151. The third kappa shape index (κ3) is 4.32. The highest BCUT2D eigenvalue weighted by Crippen LogP contribution is 2.31. The Morgan fingerprint density at radius 3 is 2.45 bits per heavy atom. The molecule has 1 N–H and O–H groups in total. The van der Waals surface area contributed by atoms with E-state index in [-0.39, 0.29) is 6.10 Å². The molecule has 6 nitrogen and oxygen atoms in total. The Labute approximate surface area is 173 Å². The molecule has 29 heavy (non-hydrogen) atoms. The Morgan fingerprint density at radius 2 is 1.76 bits per heavy atom. The fourth-order valence-electron chi connectivity index (χ4n) is 3.00. The number of hydrogen-bond acceptors (Lipinski definition) is 6. The van der Waals surface area contributed by atoms with Crippen LogP contribution in [0.2, 0.25) is 5.02 Å². The maximum atomic E-state index is 5.99. The van der Waals surface area contributed by atoms with Crippen molar-refractivity contribution in [1.82, 2.24) is 15.1 Å². The normalized spacial score (nSPS) is 11.2. The van der Waals surface area contributed by atoms with Crippen LogP contribution >= 0.6 is 11.6 Å². The van der Waals surface area contributed by atoms with Crippen LogP contribution in [0.15, 0.2) is 53.1 Å². The Morgan fingerprint density at radius 1 is 1.03 bits per heavy atom. The molecule has 148 valence electrons. The highest BCUT2D eigenvalue weighted by molar-refractivity contribution is 6.30. The molecule has 0 fully saturated rings. The average molecular weight is 409 g/mol. The lowest BCUT2D eigenvalue weighted by molar-refractivity contribution is 0.242. The molecule has 4 aromatic rings. The van der Waals surface area contributed by atoms with Crippen LogP contribution in [0.25, 0.3) is 22.4 Å². The molecule has 0 aliphatic rings. The number of halogens is 1. The molecule has 2 aromatic carbocycles. The van der Waals surface area contributed by atoms with Crippen molar-refractivity contribution in [3.63, 3.8) is 0 Å². The van der Waals surface area contributed by atoms with Gasteiger partial charge in [0.15, 0.2) is 5.82 Å². The number of benzene rings is 2. The summed E-state index contributed by atoms with van der Waals surface area (Å²) in [6.45, 7) is 6.45. The Hall–Kier alpha value is -3.12. The highest BCUT2D eigenvalue weighted by atomic mass is 35.5. The molecular weight excluding hydrogens is 388 g/mol. The van der Waals surface area contributed by atoms with E-state index in [2.05, 4.69) is 20.4 Å². The molecule has 2 aromatic heterocycles. The van der Waals surface area contributed by atoms with Gasteiger partial charge in [-0.05, 0) is 50.6 Å². The average Bonchev–Trinajstić information content (AvgIpc) is 3.11. The zero-order valence-electron chi connectivity index (χ0n) is 16.4. The van der Waals surface area contributed by atoms with E-state index < -0.39 is 0 Å². The first-order chi connectivity index (χ1) is 14.0. The highest BCUT2D eigenvalue weighted by Gasteiger charge is 2.17. The summed E-state index contributed by atoms with van der Waals surface area (Å²) in [7, 11) is 0. The van der Waals surface area contributed by atoms with Crippen LogP contribution in [0.4, 0.5) is 5.82 Å². The second-order valence-electron chi connectivity index (χ2n) is 7.00. The predicted molar refractivity (Wildman–Crippen MR) is 114 cm³/mol. The number of aryl methyl sites for hydroxylation is 1. The first-order valence-corrected chi connectivity index (χ1v) is 9.77. The van der Waals surface area contributed by atoms with E-state index in [9.17, 15) is 0 Å². The zero-order valence-corrected chi connectivity index (χ0v) is 17.2. The van der Waals surface area contributed by atoms with E-state index in [0.717, 1.165) is 16.9 Å². The molecule has 7 heteroatoms. The molecule has 0 aliphatic carbocycles. The van der Waals surface area contributed by atoms with Crippen molar-refractivity contribution in [3.8, 4) is 17.0 Å². The van der Waals surface area contributed by atoms with Gasteiger partial charge in [-0.1, -0.05) is 41.0 Å². The number of aromatic nitrogens is 3. The summed E-state index contributed by atoms with van der Waals surface area (Å²) in [5, 5.41) is 8.21. The van der Waals surface area contributed by atoms with Gasteiger partial charge in [0.1, 0.15) is 22.8 Å². The van der Waals surface area contributed by atoms with E-state index >= 15 is 0 Å². The first kappa shape index (κ1) is 19.2. The summed E-state index contributed by atoms with van der Waals surface area (Å²) in [5.41, 5.74) is 3.85. The molecule has 2 heterocycles. The van der Waals surface area contributed by atoms with Crippen LogP contribution in [-0.4, -0.2) is 21.2 Å². The van der Waals surface area contributed by atoms with Crippen molar-refractivity contribution < 1.29 is 9.26 Å². The molecule has 0 radical (unpaired) electrons. The van der Waals surface area contributed by atoms with E-state index in [4.69, 9.17) is 20.9 Å². The van der Waals surface area contributed by atoms with Crippen LogP contribution in [0.3, 0.4) is 0 Å². The number of fused-ring (bicyclic) bond motifs is 1. The summed E-state index contributed by atoms with van der Waals surface area (Å²) in [5.74, 6) is 2.11. The number of rotatable bonds is 6. The van der Waals surface area contributed by atoms with Gasteiger partial charge in [-0.15, -0.1) is 0 Å². The van der Waals surface area contributed by atoms with Gasteiger partial charge in [-0.2, -0.15) is 0 Å². The standard InChI is InChI=1S/C22H21ClN4O2/c1-13(2)28-18-10-4-15(5-11-18)12-24-22-21-20(25-14(3)26-22)19(27-29-21)16-6-8-17(23)9-7-16/h4-11,13H,12H2,1-3H3,(H,24,25,26). The van der Waals surface area contributed by atoms with Gasteiger partial charge in [-0.3, -0.25) is 0 Å². The van der Waals surface area contributed by atoms with E-state index in [1.807, 2.05) is 69.3 Å². The number of anilines is 1. The molecule has 0 unspecified atom stereocenters. The van der Waals surface area contributed by atoms with Gasteiger partial charge < -0.3 is 14.6 Å². The Kier molecular flexibility index (Phi) is 5.36. The largest absolute Gasteiger partial charge is 0.491 e. The van der Waals surface area contributed by atoms with Crippen LogP contribution in [0.1, 0.15) is 25.2 Å². The SMILES string of the molecule is Cc1nc(NCc2ccc(OC(C)C)cc2)c2onc(-c3ccc(Cl)cc3)c2n1. The van der Waals surface area contributed by atoms with Crippen LogP contribution < -0.4 is 10.1 Å². The zero-order chi connectivity index (χ0) is 20.4. The van der Waals surface area contributed by atoms with E-state index in [1.54, 1.807) is 0 Å². The van der Waals surface area contributed by atoms with Crippen LogP contribution in [0.5, 0.6) is 5.75 Å². The lowest BCUT2D eigenvalue weighted by atomic mass is 10.1. The van der Waals surface area contributed by atoms with Crippen molar-refractivity contribution in [2.24, 2.45) is 0 Å². The van der Waals surface area contributed by atoms with Crippen molar-refractivity contribution in [2.45, 2.75) is 33.4 Å². The van der Waals surface area contributed by atoms with Gasteiger partial charge >= 0.3 is 0 Å².